The average Bonchev–Trinajstić information content (AvgIpc) is 2.09. The molecule has 86 valence electrons. The fraction of sp³-hybridized carbons (Fsp3) is 0.455. The zero-order valence-corrected chi connectivity index (χ0v) is 10.1. The normalized spacial score (nSPS) is 15.6. The number of aromatic nitrogens is 1. The van der Waals surface area contributed by atoms with Crippen LogP contribution in [0, 0.1) is 13.8 Å². The Morgan fingerprint density at radius 2 is 2.25 bits per heavy atom. The lowest BCUT2D eigenvalue weighted by Gasteiger charge is -2.27. The van der Waals surface area contributed by atoms with Gasteiger partial charge in [-0.05, 0) is 25.5 Å². The first-order valence-electron chi connectivity index (χ1n) is 5.10. The van der Waals surface area contributed by atoms with Crippen LogP contribution in [-0.4, -0.2) is 29.3 Å². The van der Waals surface area contributed by atoms with Crippen molar-refractivity contribution in [3.05, 3.63) is 22.9 Å². The lowest BCUT2D eigenvalue weighted by molar-refractivity contribution is -0.0814. The first kappa shape index (κ1) is 11.3. The first-order valence-corrected chi connectivity index (χ1v) is 5.51. The number of hydrogen-bond acceptors (Lipinski definition) is 4. The third-order valence-corrected chi connectivity index (χ3v) is 2.65. The summed E-state index contributed by atoms with van der Waals surface area (Å²) in [7, 11) is 0. The van der Waals surface area contributed by atoms with Gasteiger partial charge in [-0.1, -0.05) is 12.2 Å². The molecule has 1 aromatic rings. The van der Waals surface area contributed by atoms with Gasteiger partial charge in [0.2, 0.25) is 5.88 Å². The highest BCUT2D eigenvalue weighted by molar-refractivity contribution is 7.80. The zero-order chi connectivity index (χ0) is 11.7. The summed E-state index contributed by atoms with van der Waals surface area (Å²) < 4.78 is 10.8. The van der Waals surface area contributed by atoms with E-state index in [1.165, 1.54) is 0 Å². The van der Waals surface area contributed by atoms with Crippen molar-refractivity contribution < 1.29 is 9.47 Å². The lowest BCUT2D eigenvalue weighted by Crippen LogP contribution is -2.39. The number of rotatable bonds is 3. The topological polar surface area (TPSA) is 57.4 Å². The molecule has 1 aliphatic rings. The van der Waals surface area contributed by atoms with Crippen LogP contribution in [0.15, 0.2) is 6.07 Å². The van der Waals surface area contributed by atoms with Crippen LogP contribution in [0.25, 0.3) is 0 Å². The summed E-state index contributed by atoms with van der Waals surface area (Å²) in [5.74, 6) is 0.526. The maximum atomic E-state index is 5.70. The number of thiocarbonyl (C=S) groups is 1. The third kappa shape index (κ3) is 2.15. The third-order valence-electron chi connectivity index (χ3n) is 2.44. The molecule has 0 aliphatic carbocycles. The van der Waals surface area contributed by atoms with E-state index in [1.807, 2.05) is 19.9 Å². The minimum atomic E-state index is 0.0711. The summed E-state index contributed by atoms with van der Waals surface area (Å²) in [6.45, 7) is 5.07. The largest absolute Gasteiger partial charge is 0.469 e. The zero-order valence-electron chi connectivity index (χ0n) is 9.32. The minimum absolute atomic E-state index is 0.0711. The van der Waals surface area contributed by atoms with Crippen LogP contribution >= 0.6 is 12.2 Å². The average molecular weight is 238 g/mol. The molecule has 5 heteroatoms. The molecule has 0 amide bonds. The van der Waals surface area contributed by atoms with E-state index in [9.17, 15) is 0 Å². The molecule has 1 fully saturated rings. The smallest absolute Gasteiger partial charge is 0.224 e. The highest BCUT2D eigenvalue weighted by Gasteiger charge is 2.23. The molecule has 1 saturated heterocycles. The Balaban J connectivity index is 2.35. The van der Waals surface area contributed by atoms with Gasteiger partial charge in [0, 0.05) is 5.69 Å². The Morgan fingerprint density at radius 3 is 2.75 bits per heavy atom. The molecule has 0 spiro atoms. The van der Waals surface area contributed by atoms with Gasteiger partial charge in [0.05, 0.1) is 18.8 Å². The van der Waals surface area contributed by atoms with Crippen molar-refractivity contribution in [3.8, 4) is 5.88 Å². The Hall–Kier alpha value is -1.20. The molecule has 16 heavy (non-hydrogen) atoms. The molecule has 4 nitrogen and oxygen atoms in total. The molecular formula is C11H14N2O2S. The fourth-order valence-corrected chi connectivity index (χ4v) is 1.88. The molecule has 0 radical (unpaired) electrons. The summed E-state index contributed by atoms with van der Waals surface area (Å²) >= 11 is 5.01. The summed E-state index contributed by atoms with van der Waals surface area (Å²) in [6, 6.07) is 1.94. The van der Waals surface area contributed by atoms with Crippen LogP contribution in [0.5, 0.6) is 5.88 Å². The van der Waals surface area contributed by atoms with Gasteiger partial charge in [-0.2, -0.15) is 0 Å². The minimum Gasteiger partial charge on any atom is -0.469 e. The van der Waals surface area contributed by atoms with E-state index in [-0.39, 0.29) is 6.10 Å². The monoisotopic (exact) mass is 238 g/mol. The Morgan fingerprint density at radius 1 is 1.56 bits per heavy atom. The summed E-state index contributed by atoms with van der Waals surface area (Å²) in [6.07, 6.45) is 0.0711. The molecule has 1 aliphatic heterocycles. The van der Waals surface area contributed by atoms with Gasteiger partial charge in [-0.25, -0.2) is 4.98 Å². The molecule has 0 aromatic carbocycles. The van der Waals surface area contributed by atoms with Crippen molar-refractivity contribution in [1.82, 2.24) is 4.98 Å². The molecule has 0 unspecified atom stereocenters. The van der Waals surface area contributed by atoms with Crippen molar-refractivity contribution in [1.29, 1.82) is 0 Å². The number of pyridine rings is 1. The SMILES string of the molecule is Cc1cc(C)c(C(N)=S)c(OC2COC2)n1. The summed E-state index contributed by atoms with van der Waals surface area (Å²) in [5.41, 5.74) is 8.30. The van der Waals surface area contributed by atoms with Gasteiger partial charge in [-0.3, -0.25) is 0 Å². The van der Waals surface area contributed by atoms with E-state index in [0.29, 0.717) is 24.1 Å². The van der Waals surface area contributed by atoms with Gasteiger partial charge in [0.15, 0.2) is 0 Å². The van der Waals surface area contributed by atoms with Crippen molar-refractivity contribution >= 4 is 17.2 Å². The first-order chi connectivity index (χ1) is 7.58. The Bertz CT molecular complexity index is 430. The molecule has 1 aromatic heterocycles. The Kier molecular flexibility index (Phi) is 3.07. The van der Waals surface area contributed by atoms with Crippen LogP contribution in [0.4, 0.5) is 0 Å². The summed E-state index contributed by atoms with van der Waals surface area (Å²) in [4.78, 5) is 4.65. The Labute approximate surface area is 99.8 Å². The van der Waals surface area contributed by atoms with E-state index < -0.39 is 0 Å². The second kappa shape index (κ2) is 4.35. The van der Waals surface area contributed by atoms with Gasteiger partial charge in [0.25, 0.3) is 0 Å². The number of aryl methyl sites for hydroxylation is 2. The van der Waals surface area contributed by atoms with E-state index in [1.54, 1.807) is 0 Å². The maximum Gasteiger partial charge on any atom is 0.224 e. The molecule has 2 heterocycles. The van der Waals surface area contributed by atoms with Crippen LogP contribution in [0.3, 0.4) is 0 Å². The number of nitrogens with zero attached hydrogens (tertiary/aromatic N) is 1. The second-order valence-electron chi connectivity index (χ2n) is 3.90. The highest BCUT2D eigenvalue weighted by atomic mass is 32.1. The van der Waals surface area contributed by atoms with Gasteiger partial charge in [-0.15, -0.1) is 0 Å². The van der Waals surface area contributed by atoms with Crippen molar-refractivity contribution in [2.24, 2.45) is 5.73 Å². The summed E-state index contributed by atoms with van der Waals surface area (Å²) in [5, 5.41) is 0. The maximum absolute atomic E-state index is 5.70. The van der Waals surface area contributed by atoms with Crippen LogP contribution in [-0.2, 0) is 4.74 Å². The highest BCUT2D eigenvalue weighted by Crippen LogP contribution is 2.23. The lowest BCUT2D eigenvalue weighted by atomic mass is 10.1. The number of nitrogens with two attached hydrogens (primary N) is 1. The second-order valence-corrected chi connectivity index (χ2v) is 4.34. The van der Waals surface area contributed by atoms with Gasteiger partial charge >= 0.3 is 0 Å². The molecule has 0 bridgehead atoms. The van der Waals surface area contributed by atoms with Crippen LogP contribution in [0.2, 0.25) is 0 Å². The quantitative estimate of drug-likeness (QED) is 0.799. The predicted octanol–water partition coefficient (Wildman–Crippen LogP) is 1.11. The van der Waals surface area contributed by atoms with Crippen molar-refractivity contribution in [2.75, 3.05) is 13.2 Å². The van der Waals surface area contributed by atoms with Crippen LogP contribution in [0.1, 0.15) is 16.8 Å². The van der Waals surface area contributed by atoms with Gasteiger partial charge in [0.1, 0.15) is 11.1 Å². The standard InChI is InChI=1S/C11H14N2O2S/c1-6-3-7(2)13-11(9(6)10(12)16)15-8-4-14-5-8/h3,8H,4-5H2,1-2H3,(H2,12,16). The molecular weight excluding hydrogens is 224 g/mol. The van der Waals surface area contributed by atoms with Gasteiger partial charge < -0.3 is 15.2 Å². The van der Waals surface area contributed by atoms with Crippen molar-refractivity contribution in [2.45, 2.75) is 20.0 Å². The van der Waals surface area contributed by atoms with E-state index >= 15 is 0 Å². The molecule has 0 atom stereocenters. The fourth-order valence-electron chi connectivity index (χ4n) is 1.63. The predicted molar refractivity (Wildman–Crippen MR) is 64.8 cm³/mol. The number of hydrogen-bond donors (Lipinski definition) is 1. The van der Waals surface area contributed by atoms with E-state index in [0.717, 1.165) is 16.8 Å². The van der Waals surface area contributed by atoms with Crippen molar-refractivity contribution in [3.63, 3.8) is 0 Å². The van der Waals surface area contributed by atoms with E-state index in [4.69, 9.17) is 27.4 Å². The molecule has 2 N–H and O–H groups in total. The van der Waals surface area contributed by atoms with Crippen LogP contribution < -0.4 is 10.5 Å². The van der Waals surface area contributed by atoms with E-state index in [2.05, 4.69) is 4.98 Å². The molecule has 0 saturated carbocycles. The molecule has 2 rings (SSSR count). The number of ether oxygens (including phenoxy) is 2.